The third-order valence-electron chi connectivity index (χ3n) is 4.30. The molecule has 0 aliphatic carbocycles. The quantitative estimate of drug-likeness (QED) is 0.661. The molecule has 6 nitrogen and oxygen atoms in total. The van der Waals surface area contributed by atoms with Crippen LogP contribution in [0.4, 0.5) is 0 Å². The van der Waals surface area contributed by atoms with Crippen molar-refractivity contribution in [2.45, 2.75) is 33.7 Å². The van der Waals surface area contributed by atoms with E-state index < -0.39 is 0 Å². The van der Waals surface area contributed by atoms with Gasteiger partial charge in [0, 0.05) is 51.0 Å². The molecule has 1 aliphatic rings. The Kier molecular flexibility index (Phi) is 5.83. The molecule has 1 saturated heterocycles. The van der Waals surface area contributed by atoms with E-state index in [4.69, 9.17) is 9.73 Å². The second-order valence-corrected chi connectivity index (χ2v) is 6.05. The highest BCUT2D eigenvalue weighted by atomic mass is 16.5. The van der Waals surface area contributed by atoms with Crippen LogP contribution in [-0.4, -0.2) is 54.0 Å². The topological polar surface area (TPSA) is 54.7 Å². The first-order chi connectivity index (χ1) is 10.5. The van der Waals surface area contributed by atoms with Gasteiger partial charge in [0.15, 0.2) is 5.96 Å². The maximum atomic E-state index is 5.46. The number of hydrogen-bond acceptors (Lipinski definition) is 3. The molecule has 1 aromatic heterocycles. The second kappa shape index (κ2) is 7.63. The van der Waals surface area contributed by atoms with Crippen molar-refractivity contribution in [1.29, 1.82) is 0 Å². The Morgan fingerprint density at radius 1 is 1.50 bits per heavy atom. The Morgan fingerprint density at radius 2 is 2.27 bits per heavy atom. The summed E-state index contributed by atoms with van der Waals surface area (Å²) in [5.74, 6) is 1.56. The second-order valence-electron chi connectivity index (χ2n) is 6.05. The van der Waals surface area contributed by atoms with Crippen molar-refractivity contribution in [3.63, 3.8) is 0 Å². The molecule has 0 saturated carbocycles. The monoisotopic (exact) mass is 307 g/mol. The molecular formula is C16H29N5O. The highest BCUT2D eigenvalue weighted by Crippen LogP contribution is 2.15. The van der Waals surface area contributed by atoms with Crippen molar-refractivity contribution < 1.29 is 4.74 Å². The summed E-state index contributed by atoms with van der Waals surface area (Å²) < 4.78 is 7.39. The Morgan fingerprint density at radius 3 is 2.82 bits per heavy atom. The molecule has 0 bridgehead atoms. The fourth-order valence-electron chi connectivity index (χ4n) is 2.87. The summed E-state index contributed by atoms with van der Waals surface area (Å²) in [6.45, 7) is 10.5. The zero-order valence-corrected chi connectivity index (χ0v) is 14.5. The lowest BCUT2D eigenvalue weighted by atomic mass is 10.1. The lowest BCUT2D eigenvalue weighted by Crippen LogP contribution is -2.41. The number of guanidine groups is 1. The van der Waals surface area contributed by atoms with Crippen LogP contribution in [0.5, 0.6) is 0 Å². The van der Waals surface area contributed by atoms with Crippen LogP contribution in [0.3, 0.4) is 0 Å². The molecule has 1 aliphatic heterocycles. The maximum absolute atomic E-state index is 5.46. The molecule has 1 unspecified atom stereocenters. The van der Waals surface area contributed by atoms with Gasteiger partial charge in [-0.05, 0) is 27.2 Å². The van der Waals surface area contributed by atoms with Gasteiger partial charge in [0.05, 0.1) is 18.8 Å². The molecule has 22 heavy (non-hydrogen) atoms. The molecule has 0 radical (unpaired) electrons. The molecule has 2 rings (SSSR count). The molecule has 124 valence electrons. The highest BCUT2D eigenvalue weighted by Gasteiger charge is 2.19. The van der Waals surface area contributed by atoms with Crippen molar-refractivity contribution in [3.8, 4) is 0 Å². The first-order valence-corrected chi connectivity index (χ1v) is 8.09. The van der Waals surface area contributed by atoms with E-state index in [1.807, 2.05) is 18.7 Å². The van der Waals surface area contributed by atoms with Gasteiger partial charge in [0.25, 0.3) is 0 Å². The predicted molar refractivity (Wildman–Crippen MR) is 89.1 cm³/mol. The van der Waals surface area contributed by atoms with E-state index in [1.54, 1.807) is 0 Å². The van der Waals surface area contributed by atoms with Gasteiger partial charge in [-0.25, -0.2) is 4.99 Å². The minimum Gasteiger partial charge on any atom is -0.381 e. The number of aryl methyl sites for hydroxylation is 2. The summed E-state index contributed by atoms with van der Waals surface area (Å²) in [6.07, 6.45) is 1.14. The summed E-state index contributed by atoms with van der Waals surface area (Å²) >= 11 is 0. The van der Waals surface area contributed by atoms with Crippen LogP contribution >= 0.6 is 0 Å². The van der Waals surface area contributed by atoms with E-state index in [0.29, 0.717) is 12.5 Å². The zero-order chi connectivity index (χ0) is 16.1. The van der Waals surface area contributed by atoms with Gasteiger partial charge in [-0.1, -0.05) is 0 Å². The maximum Gasteiger partial charge on any atom is 0.193 e. The van der Waals surface area contributed by atoms with Gasteiger partial charge >= 0.3 is 0 Å². The van der Waals surface area contributed by atoms with Crippen LogP contribution in [0.15, 0.2) is 4.99 Å². The third kappa shape index (κ3) is 4.00. The van der Waals surface area contributed by atoms with Crippen LogP contribution in [0, 0.1) is 19.8 Å². The molecule has 1 fully saturated rings. The van der Waals surface area contributed by atoms with Gasteiger partial charge in [-0.2, -0.15) is 5.10 Å². The fourth-order valence-corrected chi connectivity index (χ4v) is 2.87. The summed E-state index contributed by atoms with van der Waals surface area (Å²) in [6, 6.07) is 0. The van der Waals surface area contributed by atoms with Crippen molar-refractivity contribution >= 4 is 5.96 Å². The van der Waals surface area contributed by atoms with E-state index in [-0.39, 0.29) is 0 Å². The Balaban J connectivity index is 2.05. The van der Waals surface area contributed by atoms with E-state index in [2.05, 4.69) is 36.2 Å². The van der Waals surface area contributed by atoms with Gasteiger partial charge < -0.3 is 15.0 Å². The van der Waals surface area contributed by atoms with E-state index in [0.717, 1.165) is 44.4 Å². The largest absolute Gasteiger partial charge is 0.381 e. The third-order valence-corrected chi connectivity index (χ3v) is 4.30. The average Bonchev–Trinajstić information content (AvgIpc) is 3.06. The van der Waals surface area contributed by atoms with Gasteiger partial charge in [0.2, 0.25) is 0 Å². The number of ether oxygens (including phenoxy) is 1. The fraction of sp³-hybridized carbons (Fsp3) is 0.750. The van der Waals surface area contributed by atoms with Gasteiger partial charge in [-0.15, -0.1) is 0 Å². The number of rotatable bonds is 5. The normalized spacial score (nSPS) is 18.8. The van der Waals surface area contributed by atoms with Crippen molar-refractivity contribution in [2.75, 3.05) is 33.4 Å². The summed E-state index contributed by atoms with van der Waals surface area (Å²) in [5, 5.41) is 7.84. The van der Waals surface area contributed by atoms with Gasteiger partial charge in [-0.3, -0.25) is 4.68 Å². The molecule has 0 aromatic carbocycles. The standard InChI is InChI=1S/C16H29N5O/c1-6-17-16(20(4)10-14-7-8-22-11-14)18-9-15-12(2)19-21(5)13(15)3/h14H,6-11H2,1-5H3,(H,17,18). The van der Waals surface area contributed by atoms with Crippen molar-refractivity contribution in [2.24, 2.45) is 18.0 Å². The Hall–Kier alpha value is -1.56. The van der Waals surface area contributed by atoms with Crippen LogP contribution in [0.1, 0.15) is 30.3 Å². The number of nitrogens with one attached hydrogen (secondary N) is 1. The first kappa shape index (κ1) is 16.8. The van der Waals surface area contributed by atoms with E-state index >= 15 is 0 Å². The first-order valence-electron chi connectivity index (χ1n) is 8.09. The number of aromatic nitrogens is 2. The molecule has 2 heterocycles. The molecule has 0 amide bonds. The SMILES string of the molecule is CCNC(=NCc1c(C)nn(C)c1C)N(C)CC1CCOC1. The van der Waals surface area contributed by atoms with Crippen LogP contribution < -0.4 is 5.32 Å². The minimum absolute atomic E-state index is 0.607. The molecular weight excluding hydrogens is 278 g/mol. The smallest absolute Gasteiger partial charge is 0.193 e. The lowest BCUT2D eigenvalue weighted by molar-refractivity contribution is 0.181. The highest BCUT2D eigenvalue weighted by molar-refractivity contribution is 5.79. The number of aliphatic imine (C=N–C) groups is 1. The summed E-state index contributed by atoms with van der Waals surface area (Å²) in [7, 11) is 4.08. The van der Waals surface area contributed by atoms with Crippen LogP contribution in [0.2, 0.25) is 0 Å². The molecule has 6 heteroatoms. The molecule has 1 aromatic rings. The molecule has 1 N–H and O–H groups in total. The van der Waals surface area contributed by atoms with Crippen molar-refractivity contribution in [1.82, 2.24) is 20.0 Å². The van der Waals surface area contributed by atoms with E-state index in [9.17, 15) is 0 Å². The van der Waals surface area contributed by atoms with Crippen LogP contribution in [-0.2, 0) is 18.3 Å². The summed E-state index contributed by atoms with van der Waals surface area (Å²) in [5.41, 5.74) is 3.46. The van der Waals surface area contributed by atoms with Crippen LogP contribution in [0.25, 0.3) is 0 Å². The Labute approximate surface area is 133 Å². The number of hydrogen-bond donors (Lipinski definition) is 1. The lowest BCUT2D eigenvalue weighted by Gasteiger charge is -2.24. The molecule has 0 spiro atoms. The van der Waals surface area contributed by atoms with Gasteiger partial charge in [0.1, 0.15) is 0 Å². The minimum atomic E-state index is 0.607. The molecule has 1 atom stereocenters. The van der Waals surface area contributed by atoms with E-state index in [1.165, 1.54) is 11.3 Å². The average molecular weight is 307 g/mol. The zero-order valence-electron chi connectivity index (χ0n) is 14.5. The number of nitrogens with zero attached hydrogens (tertiary/aromatic N) is 4. The van der Waals surface area contributed by atoms with Crippen molar-refractivity contribution in [3.05, 3.63) is 17.0 Å². The predicted octanol–water partition coefficient (Wildman–Crippen LogP) is 1.47. The Bertz CT molecular complexity index is 517. The summed E-state index contributed by atoms with van der Waals surface area (Å²) in [4.78, 5) is 7.01.